The van der Waals surface area contributed by atoms with Gasteiger partial charge in [0.05, 0.1) is 11.4 Å². The number of pyridine rings is 1. The van der Waals surface area contributed by atoms with Gasteiger partial charge >= 0.3 is 0 Å². The van der Waals surface area contributed by atoms with Crippen LogP contribution in [-0.4, -0.2) is 42.8 Å². The highest BCUT2D eigenvalue weighted by Gasteiger charge is 2.31. The molecule has 1 unspecified atom stereocenters. The van der Waals surface area contributed by atoms with E-state index in [2.05, 4.69) is 10.3 Å². The lowest BCUT2D eigenvalue weighted by Crippen LogP contribution is -2.44. The Balaban J connectivity index is 1.71. The molecule has 1 N–H and O–H groups in total. The molecule has 138 valence electrons. The maximum atomic E-state index is 12.9. The average molecular weight is 375 g/mol. The lowest BCUT2D eigenvalue weighted by Gasteiger charge is -2.32. The van der Waals surface area contributed by atoms with E-state index in [4.69, 9.17) is 4.74 Å². The van der Waals surface area contributed by atoms with Crippen LogP contribution < -0.4 is 10.1 Å². The molecule has 1 aliphatic heterocycles. The summed E-state index contributed by atoms with van der Waals surface area (Å²) in [4.78, 5) is 15.2. The number of carbonyl (C=O) groups is 1. The molecule has 1 aromatic carbocycles. The predicted molar refractivity (Wildman–Crippen MR) is 97.4 cm³/mol. The summed E-state index contributed by atoms with van der Waals surface area (Å²) in [7, 11) is -3.60. The molecule has 1 saturated heterocycles. The van der Waals surface area contributed by atoms with Crippen molar-refractivity contribution in [2.24, 2.45) is 0 Å². The van der Waals surface area contributed by atoms with Gasteiger partial charge in [-0.3, -0.25) is 9.78 Å². The third-order valence-electron chi connectivity index (χ3n) is 4.11. The number of piperidine rings is 1. The minimum absolute atomic E-state index is 0.195. The number of aromatic nitrogens is 1. The largest absolute Gasteiger partial charge is 0.489 e. The zero-order chi connectivity index (χ0) is 18.6. The number of carbonyl (C=O) groups excluding carboxylic acids is 1. The van der Waals surface area contributed by atoms with Crippen molar-refractivity contribution in [1.82, 2.24) is 9.29 Å². The SMILES string of the molecule is CC(=O)Nc1ccc(S(=O)(=O)N2CCCC(Oc3ccncc3)C2)cc1. The molecule has 1 fully saturated rings. The molecule has 0 bridgehead atoms. The number of nitrogens with one attached hydrogen (secondary N) is 1. The lowest BCUT2D eigenvalue weighted by atomic mass is 10.1. The summed E-state index contributed by atoms with van der Waals surface area (Å²) in [6, 6.07) is 9.70. The Bertz CT molecular complexity index is 854. The van der Waals surface area contributed by atoms with Crippen molar-refractivity contribution < 1.29 is 17.9 Å². The van der Waals surface area contributed by atoms with Crippen LogP contribution in [0.25, 0.3) is 0 Å². The number of ether oxygens (including phenoxy) is 1. The molecule has 0 aliphatic carbocycles. The highest BCUT2D eigenvalue weighted by molar-refractivity contribution is 7.89. The second-order valence-electron chi connectivity index (χ2n) is 6.13. The van der Waals surface area contributed by atoms with E-state index in [0.717, 1.165) is 12.8 Å². The van der Waals surface area contributed by atoms with Gasteiger partial charge in [-0.05, 0) is 49.2 Å². The summed E-state index contributed by atoms with van der Waals surface area (Å²) in [6.45, 7) is 2.17. The normalized spacial score (nSPS) is 18.3. The third kappa shape index (κ3) is 4.39. The molecule has 0 radical (unpaired) electrons. The van der Waals surface area contributed by atoms with Crippen LogP contribution in [0.15, 0.2) is 53.7 Å². The number of anilines is 1. The van der Waals surface area contributed by atoms with Gasteiger partial charge in [-0.25, -0.2) is 8.42 Å². The summed E-state index contributed by atoms with van der Waals surface area (Å²) in [6.07, 6.45) is 4.63. The molecule has 0 saturated carbocycles. The Labute approximate surface area is 153 Å². The van der Waals surface area contributed by atoms with E-state index < -0.39 is 10.0 Å². The first kappa shape index (κ1) is 18.3. The van der Waals surface area contributed by atoms with Gasteiger partial charge in [0.15, 0.2) is 0 Å². The Morgan fingerprint density at radius 3 is 2.54 bits per heavy atom. The first-order valence-corrected chi connectivity index (χ1v) is 9.83. The van der Waals surface area contributed by atoms with Crippen molar-refractivity contribution in [1.29, 1.82) is 0 Å². The van der Waals surface area contributed by atoms with Crippen molar-refractivity contribution in [3.8, 4) is 5.75 Å². The Morgan fingerprint density at radius 1 is 1.19 bits per heavy atom. The second-order valence-corrected chi connectivity index (χ2v) is 8.07. The summed E-state index contributed by atoms with van der Waals surface area (Å²) >= 11 is 0. The van der Waals surface area contributed by atoms with Crippen molar-refractivity contribution in [3.05, 3.63) is 48.8 Å². The van der Waals surface area contributed by atoms with Gasteiger partial charge in [0.25, 0.3) is 0 Å². The van der Waals surface area contributed by atoms with Crippen LogP contribution in [-0.2, 0) is 14.8 Å². The molecule has 7 nitrogen and oxygen atoms in total. The van der Waals surface area contributed by atoms with Crippen LogP contribution in [0.4, 0.5) is 5.69 Å². The summed E-state index contributed by atoms with van der Waals surface area (Å²) < 4.78 is 33.1. The average Bonchev–Trinajstić information content (AvgIpc) is 2.63. The zero-order valence-corrected chi connectivity index (χ0v) is 15.3. The highest BCUT2D eigenvalue weighted by atomic mass is 32.2. The number of benzene rings is 1. The fourth-order valence-corrected chi connectivity index (χ4v) is 4.40. The van der Waals surface area contributed by atoms with Crippen molar-refractivity contribution in [2.75, 3.05) is 18.4 Å². The molecule has 2 heterocycles. The van der Waals surface area contributed by atoms with Crippen LogP contribution in [0.2, 0.25) is 0 Å². The molecule has 1 amide bonds. The third-order valence-corrected chi connectivity index (χ3v) is 5.99. The molecule has 26 heavy (non-hydrogen) atoms. The zero-order valence-electron chi connectivity index (χ0n) is 14.5. The molecule has 3 rings (SSSR count). The van der Waals surface area contributed by atoms with Gasteiger partial charge in [0.2, 0.25) is 15.9 Å². The monoisotopic (exact) mass is 375 g/mol. The number of sulfonamides is 1. The number of nitrogens with zero attached hydrogens (tertiary/aromatic N) is 2. The number of amides is 1. The van der Waals surface area contributed by atoms with Crippen LogP contribution in [0.5, 0.6) is 5.75 Å². The standard InChI is InChI=1S/C18H21N3O4S/c1-14(22)20-15-4-6-18(7-5-15)26(23,24)21-12-2-3-17(13-21)25-16-8-10-19-11-9-16/h4-11,17H,2-3,12-13H2,1H3,(H,20,22). The molecule has 1 aromatic heterocycles. The van der Waals surface area contributed by atoms with Gasteiger partial charge in [0, 0.05) is 31.5 Å². The van der Waals surface area contributed by atoms with Gasteiger partial charge in [0.1, 0.15) is 11.9 Å². The summed E-state index contributed by atoms with van der Waals surface area (Å²) in [5, 5.41) is 2.62. The van der Waals surface area contributed by atoms with E-state index in [0.29, 0.717) is 24.5 Å². The fraction of sp³-hybridized carbons (Fsp3) is 0.333. The van der Waals surface area contributed by atoms with Gasteiger partial charge in [-0.1, -0.05) is 0 Å². The van der Waals surface area contributed by atoms with E-state index in [1.165, 1.54) is 23.4 Å². The van der Waals surface area contributed by atoms with Gasteiger partial charge in [-0.2, -0.15) is 4.31 Å². The molecule has 0 spiro atoms. The molecular formula is C18H21N3O4S. The fourth-order valence-electron chi connectivity index (χ4n) is 2.89. The topological polar surface area (TPSA) is 88.6 Å². The predicted octanol–water partition coefficient (Wildman–Crippen LogP) is 2.27. The lowest BCUT2D eigenvalue weighted by molar-refractivity contribution is -0.114. The minimum atomic E-state index is -3.60. The van der Waals surface area contributed by atoms with Crippen LogP contribution in [0.1, 0.15) is 19.8 Å². The summed E-state index contributed by atoms with van der Waals surface area (Å²) in [5.41, 5.74) is 0.564. The van der Waals surface area contributed by atoms with Gasteiger partial charge in [-0.15, -0.1) is 0 Å². The van der Waals surface area contributed by atoms with E-state index >= 15 is 0 Å². The second kappa shape index (κ2) is 7.84. The van der Waals surface area contributed by atoms with Crippen molar-refractivity contribution >= 4 is 21.6 Å². The summed E-state index contributed by atoms with van der Waals surface area (Å²) in [5.74, 6) is 0.483. The molecule has 8 heteroatoms. The smallest absolute Gasteiger partial charge is 0.243 e. The number of rotatable bonds is 5. The number of hydrogen-bond acceptors (Lipinski definition) is 5. The minimum Gasteiger partial charge on any atom is -0.489 e. The molecular weight excluding hydrogens is 354 g/mol. The van der Waals surface area contributed by atoms with E-state index in [1.807, 2.05) is 0 Å². The van der Waals surface area contributed by atoms with Crippen LogP contribution >= 0.6 is 0 Å². The molecule has 2 aromatic rings. The Morgan fingerprint density at radius 2 is 1.88 bits per heavy atom. The van der Waals surface area contributed by atoms with Crippen molar-refractivity contribution in [2.45, 2.75) is 30.8 Å². The van der Waals surface area contributed by atoms with Crippen LogP contribution in [0, 0.1) is 0 Å². The maximum absolute atomic E-state index is 12.9. The van der Waals surface area contributed by atoms with E-state index in [9.17, 15) is 13.2 Å². The quantitative estimate of drug-likeness (QED) is 0.866. The van der Waals surface area contributed by atoms with E-state index in [1.54, 1.807) is 36.7 Å². The highest BCUT2D eigenvalue weighted by Crippen LogP contribution is 2.24. The van der Waals surface area contributed by atoms with Crippen molar-refractivity contribution in [3.63, 3.8) is 0 Å². The Kier molecular flexibility index (Phi) is 5.53. The van der Waals surface area contributed by atoms with E-state index in [-0.39, 0.29) is 16.9 Å². The maximum Gasteiger partial charge on any atom is 0.243 e. The molecule has 1 aliphatic rings. The Hall–Kier alpha value is -2.45. The first-order valence-electron chi connectivity index (χ1n) is 8.39. The van der Waals surface area contributed by atoms with Gasteiger partial charge < -0.3 is 10.1 Å². The van der Waals surface area contributed by atoms with Crippen LogP contribution in [0.3, 0.4) is 0 Å². The molecule has 1 atom stereocenters. The number of hydrogen-bond donors (Lipinski definition) is 1. The first-order chi connectivity index (χ1) is 12.4.